The van der Waals surface area contributed by atoms with E-state index in [1.807, 2.05) is 11.8 Å². The van der Waals surface area contributed by atoms with Crippen molar-refractivity contribution in [3.63, 3.8) is 0 Å². The molecule has 1 rings (SSSR count). The smallest absolute Gasteiger partial charge is 0.222 e. The molecule has 1 aliphatic heterocycles. The van der Waals surface area contributed by atoms with Crippen LogP contribution in [0.15, 0.2) is 0 Å². The van der Waals surface area contributed by atoms with Gasteiger partial charge in [-0.2, -0.15) is 0 Å². The minimum Gasteiger partial charge on any atom is -0.396 e. The lowest BCUT2D eigenvalue weighted by atomic mass is 9.92. The van der Waals surface area contributed by atoms with Gasteiger partial charge in [0.15, 0.2) is 0 Å². The molecule has 100 valence electrons. The van der Waals surface area contributed by atoms with Gasteiger partial charge in [-0.3, -0.25) is 4.79 Å². The normalized spacial score (nSPS) is 23.4. The van der Waals surface area contributed by atoms with Crippen LogP contribution >= 0.6 is 0 Å². The Balaban J connectivity index is 2.64. The molecule has 0 saturated carbocycles. The van der Waals surface area contributed by atoms with E-state index in [1.54, 1.807) is 0 Å². The van der Waals surface area contributed by atoms with Gasteiger partial charge in [0.05, 0.1) is 5.60 Å². The fourth-order valence-electron chi connectivity index (χ4n) is 2.42. The summed E-state index contributed by atoms with van der Waals surface area (Å²) in [5.74, 6) is 0.182. The third-order valence-electron chi connectivity index (χ3n) is 3.29. The van der Waals surface area contributed by atoms with Crippen LogP contribution in [0.5, 0.6) is 0 Å². The highest BCUT2D eigenvalue weighted by Gasteiger charge is 2.33. The Hall–Kier alpha value is -0.610. The molecular formula is C13H25NO3. The zero-order chi connectivity index (χ0) is 12.9. The highest BCUT2D eigenvalue weighted by Crippen LogP contribution is 2.27. The van der Waals surface area contributed by atoms with Gasteiger partial charge in [0.2, 0.25) is 5.91 Å². The lowest BCUT2D eigenvalue weighted by molar-refractivity contribution is -0.140. The first-order valence-corrected chi connectivity index (χ1v) is 6.54. The Bertz CT molecular complexity index is 253. The molecule has 0 aromatic carbocycles. The number of hydrogen-bond acceptors (Lipinski definition) is 3. The number of carbonyl (C=O) groups excluding carboxylic acids is 1. The van der Waals surface area contributed by atoms with Crippen LogP contribution in [0.3, 0.4) is 0 Å². The third kappa shape index (κ3) is 4.28. The molecule has 0 aliphatic carbocycles. The predicted octanol–water partition coefficient (Wildman–Crippen LogP) is 1.56. The molecule has 1 N–H and O–H groups in total. The van der Waals surface area contributed by atoms with Crippen LogP contribution in [0, 0.1) is 0 Å². The summed E-state index contributed by atoms with van der Waals surface area (Å²) in [7, 11) is 0. The second-order valence-corrected chi connectivity index (χ2v) is 5.27. The molecule has 0 aromatic rings. The Morgan fingerprint density at radius 2 is 2.24 bits per heavy atom. The van der Waals surface area contributed by atoms with Crippen molar-refractivity contribution in [1.82, 2.24) is 4.90 Å². The number of ether oxygens (including phenoxy) is 1. The highest BCUT2D eigenvalue weighted by molar-refractivity contribution is 5.76. The van der Waals surface area contributed by atoms with Gasteiger partial charge in [0.1, 0.15) is 0 Å². The fourth-order valence-corrected chi connectivity index (χ4v) is 2.42. The molecule has 1 amide bonds. The van der Waals surface area contributed by atoms with E-state index in [4.69, 9.17) is 9.84 Å². The Labute approximate surface area is 104 Å². The number of rotatable bonds is 5. The van der Waals surface area contributed by atoms with E-state index >= 15 is 0 Å². The van der Waals surface area contributed by atoms with Gasteiger partial charge in [-0.1, -0.05) is 6.92 Å². The van der Waals surface area contributed by atoms with Gasteiger partial charge in [-0.05, 0) is 33.1 Å². The van der Waals surface area contributed by atoms with Gasteiger partial charge in [0.25, 0.3) is 0 Å². The number of amides is 1. The van der Waals surface area contributed by atoms with Gasteiger partial charge >= 0.3 is 0 Å². The van der Waals surface area contributed by atoms with Crippen molar-refractivity contribution in [2.45, 2.75) is 58.1 Å². The van der Waals surface area contributed by atoms with E-state index in [-0.39, 0.29) is 24.2 Å². The standard InChI is InChI=1S/C13H25NO3/c1-4-12(16)14(7-5-8-15)11-6-9-17-13(2,3)10-11/h11,15H,4-10H2,1-3H3. The van der Waals surface area contributed by atoms with Gasteiger partial charge < -0.3 is 14.7 Å². The first-order valence-electron chi connectivity index (χ1n) is 6.54. The van der Waals surface area contributed by atoms with Gasteiger partial charge in [0, 0.05) is 32.2 Å². The van der Waals surface area contributed by atoms with Gasteiger partial charge in [-0.25, -0.2) is 0 Å². The molecule has 0 bridgehead atoms. The first-order chi connectivity index (χ1) is 8.00. The molecule has 4 nitrogen and oxygen atoms in total. The molecule has 4 heteroatoms. The quantitative estimate of drug-likeness (QED) is 0.797. The van der Waals surface area contributed by atoms with E-state index in [2.05, 4.69) is 13.8 Å². The molecular weight excluding hydrogens is 218 g/mol. The number of nitrogens with zero attached hydrogens (tertiary/aromatic N) is 1. The average Bonchev–Trinajstić information content (AvgIpc) is 2.28. The molecule has 1 heterocycles. The zero-order valence-corrected chi connectivity index (χ0v) is 11.2. The topological polar surface area (TPSA) is 49.8 Å². The van der Waals surface area contributed by atoms with E-state index in [9.17, 15) is 4.79 Å². The van der Waals surface area contributed by atoms with Crippen LogP contribution in [0.1, 0.15) is 46.5 Å². The van der Waals surface area contributed by atoms with Crippen molar-refractivity contribution in [2.24, 2.45) is 0 Å². The maximum absolute atomic E-state index is 11.9. The SMILES string of the molecule is CCC(=O)N(CCCO)C1CCOC(C)(C)C1. The van der Waals surface area contributed by atoms with Gasteiger partial charge in [-0.15, -0.1) is 0 Å². The number of carbonyl (C=O) groups is 1. The average molecular weight is 243 g/mol. The summed E-state index contributed by atoms with van der Waals surface area (Å²) in [5, 5.41) is 8.91. The zero-order valence-electron chi connectivity index (χ0n) is 11.2. The number of aliphatic hydroxyl groups excluding tert-OH is 1. The van der Waals surface area contributed by atoms with Crippen LogP contribution in [0.2, 0.25) is 0 Å². The molecule has 1 unspecified atom stereocenters. The molecule has 17 heavy (non-hydrogen) atoms. The fraction of sp³-hybridized carbons (Fsp3) is 0.923. The van der Waals surface area contributed by atoms with Crippen molar-refractivity contribution in [1.29, 1.82) is 0 Å². The van der Waals surface area contributed by atoms with E-state index < -0.39 is 0 Å². The molecule has 1 saturated heterocycles. The first kappa shape index (κ1) is 14.5. The molecule has 0 radical (unpaired) electrons. The monoisotopic (exact) mass is 243 g/mol. The van der Waals surface area contributed by atoms with Crippen LogP contribution in [0.25, 0.3) is 0 Å². The van der Waals surface area contributed by atoms with Crippen LogP contribution < -0.4 is 0 Å². The molecule has 0 spiro atoms. The van der Waals surface area contributed by atoms with Crippen molar-refractivity contribution in [3.8, 4) is 0 Å². The van der Waals surface area contributed by atoms with Crippen LogP contribution in [0.4, 0.5) is 0 Å². The summed E-state index contributed by atoms with van der Waals surface area (Å²) in [6.45, 7) is 7.53. The summed E-state index contributed by atoms with van der Waals surface area (Å²) in [6.07, 6.45) is 2.97. The lowest BCUT2D eigenvalue weighted by Gasteiger charge is -2.41. The van der Waals surface area contributed by atoms with Crippen LogP contribution in [-0.2, 0) is 9.53 Å². The number of aliphatic hydroxyl groups is 1. The van der Waals surface area contributed by atoms with Crippen molar-refractivity contribution in [2.75, 3.05) is 19.8 Å². The number of hydrogen-bond donors (Lipinski definition) is 1. The third-order valence-corrected chi connectivity index (χ3v) is 3.29. The van der Waals surface area contributed by atoms with E-state index in [1.165, 1.54) is 0 Å². The van der Waals surface area contributed by atoms with Crippen molar-refractivity contribution >= 4 is 5.91 Å². The predicted molar refractivity (Wildman–Crippen MR) is 66.8 cm³/mol. The van der Waals surface area contributed by atoms with Crippen molar-refractivity contribution in [3.05, 3.63) is 0 Å². The Morgan fingerprint density at radius 3 is 2.76 bits per heavy atom. The molecule has 0 aromatic heterocycles. The maximum Gasteiger partial charge on any atom is 0.222 e. The summed E-state index contributed by atoms with van der Waals surface area (Å²) in [5.41, 5.74) is -0.144. The Kier molecular flexibility index (Phi) is 5.40. The van der Waals surface area contributed by atoms with Crippen LogP contribution in [-0.4, -0.2) is 47.3 Å². The maximum atomic E-state index is 11.9. The summed E-state index contributed by atoms with van der Waals surface area (Å²) in [4.78, 5) is 13.9. The molecule has 1 aliphatic rings. The summed E-state index contributed by atoms with van der Waals surface area (Å²) >= 11 is 0. The summed E-state index contributed by atoms with van der Waals surface area (Å²) in [6, 6.07) is 0.262. The largest absolute Gasteiger partial charge is 0.396 e. The highest BCUT2D eigenvalue weighted by atomic mass is 16.5. The minimum absolute atomic E-state index is 0.139. The Morgan fingerprint density at radius 1 is 1.53 bits per heavy atom. The molecule has 1 fully saturated rings. The van der Waals surface area contributed by atoms with Crippen molar-refractivity contribution < 1.29 is 14.6 Å². The summed E-state index contributed by atoms with van der Waals surface area (Å²) < 4.78 is 5.68. The molecule has 1 atom stereocenters. The van der Waals surface area contributed by atoms with E-state index in [0.717, 1.165) is 12.8 Å². The lowest BCUT2D eigenvalue weighted by Crippen LogP contribution is -2.48. The van der Waals surface area contributed by atoms with E-state index in [0.29, 0.717) is 26.0 Å². The second-order valence-electron chi connectivity index (χ2n) is 5.27. The minimum atomic E-state index is -0.144. The second kappa shape index (κ2) is 6.36.